The fourth-order valence-electron chi connectivity index (χ4n) is 2.04. The van der Waals surface area contributed by atoms with Crippen molar-refractivity contribution in [2.75, 3.05) is 13.6 Å². The Kier molecular flexibility index (Phi) is 5.55. The third-order valence-corrected chi connectivity index (χ3v) is 3.06. The van der Waals surface area contributed by atoms with Gasteiger partial charge in [-0.3, -0.25) is 5.01 Å². The number of hydrogen-bond donors (Lipinski definition) is 3. The van der Waals surface area contributed by atoms with Gasteiger partial charge in [0.2, 0.25) is 5.96 Å². The molecule has 0 saturated heterocycles. The molecule has 1 fully saturated rings. The quantitative estimate of drug-likeness (QED) is 0.281. The van der Waals surface area contributed by atoms with E-state index in [0.29, 0.717) is 18.0 Å². The van der Waals surface area contributed by atoms with Gasteiger partial charge in [-0.05, 0) is 38.6 Å². The Labute approximate surface area is 98.2 Å². The molecule has 1 saturated carbocycles. The highest BCUT2D eigenvalue weighted by Crippen LogP contribution is 2.21. The third-order valence-electron chi connectivity index (χ3n) is 3.06. The molecule has 0 bridgehead atoms. The van der Waals surface area contributed by atoms with Crippen LogP contribution in [-0.4, -0.2) is 36.6 Å². The normalized spacial score (nSPS) is 26.8. The Morgan fingerprint density at radius 2 is 2.00 bits per heavy atom. The molecule has 0 aliphatic heterocycles. The fraction of sp³-hybridized carbons (Fsp3) is 0.909. The van der Waals surface area contributed by atoms with Crippen LogP contribution in [0.15, 0.2) is 4.99 Å². The standard InChI is InChI=1S/C11H25N5/c1-3-8-14-9-4-6-10(7-5-9)15-11(12)16(2)13/h9-10,14H,3-8,13H2,1-2H3,(H2,12,15). The topological polar surface area (TPSA) is 79.7 Å². The van der Waals surface area contributed by atoms with Crippen molar-refractivity contribution >= 4 is 5.96 Å². The smallest absolute Gasteiger partial charge is 0.205 e. The molecule has 1 aliphatic carbocycles. The number of rotatable bonds is 4. The van der Waals surface area contributed by atoms with Crippen molar-refractivity contribution in [1.82, 2.24) is 10.3 Å². The van der Waals surface area contributed by atoms with E-state index in [9.17, 15) is 0 Å². The second kappa shape index (κ2) is 6.70. The van der Waals surface area contributed by atoms with Crippen LogP contribution in [0.4, 0.5) is 0 Å². The van der Waals surface area contributed by atoms with Crippen LogP contribution in [0.3, 0.4) is 0 Å². The maximum absolute atomic E-state index is 5.70. The lowest BCUT2D eigenvalue weighted by Gasteiger charge is -2.27. The molecule has 16 heavy (non-hydrogen) atoms. The van der Waals surface area contributed by atoms with E-state index in [1.54, 1.807) is 7.05 Å². The van der Waals surface area contributed by atoms with E-state index in [2.05, 4.69) is 17.2 Å². The zero-order chi connectivity index (χ0) is 12.0. The largest absolute Gasteiger partial charge is 0.369 e. The van der Waals surface area contributed by atoms with E-state index in [1.165, 1.54) is 24.3 Å². The molecule has 0 radical (unpaired) electrons. The molecule has 5 nitrogen and oxygen atoms in total. The number of nitrogens with zero attached hydrogens (tertiary/aromatic N) is 2. The molecule has 0 aromatic rings. The lowest BCUT2D eigenvalue weighted by Crippen LogP contribution is -2.41. The average Bonchev–Trinajstić information content (AvgIpc) is 2.28. The molecule has 5 N–H and O–H groups in total. The zero-order valence-electron chi connectivity index (χ0n) is 10.4. The first kappa shape index (κ1) is 13.3. The van der Waals surface area contributed by atoms with Crippen molar-refractivity contribution in [1.29, 1.82) is 0 Å². The summed E-state index contributed by atoms with van der Waals surface area (Å²) in [6, 6.07) is 1.02. The highest BCUT2D eigenvalue weighted by molar-refractivity contribution is 5.77. The summed E-state index contributed by atoms with van der Waals surface area (Å²) in [6.07, 6.45) is 5.79. The first-order chi connectivity index (χ1) is 7.63. The maximum atomic E-state index is 5.70. The molecule has 0 aromatic carbocycles. The monoisotopic (exact) mass is 227 g/mol. The highest BCUT2D eigenvalue weighted by Gasteiger charge is 2.20. The van der Waals surface area contributed by atoms with Gasteiger partial charge in [-0.2, -0.15) is 0 Å². The first-order valence-corrected chi connectivity index (χ1v) is 6.18. The molecule has 0 atom stereocenters. The van der Waals surface area contributed by atoms with Gasteiger partial charge in [-0.25, -0.2) is 10.8 Å². The van der Waals surface area contributed by atoms with Gasteiger partial charge in [0.1, 0.15) is 0 Å². The van der Waals surface area contributed by atoms with E-state index in [0.717, 1.165) is 19.4 Å². The predicted octanol–water partition coefficient (Wildman–Crippen LogP) is 0.417. The zero-order valence-corrected chi connectivity index (χ0v) is 10.4. The van der Waals surface area contributed by atoms with Crippen molar-refractivity contribution in [3.8, 4) is 0 Å². The van der Waals surface area contributed by atoms with Gasteiger partial charge < -0.3 is 11.1 Å². The predicted molar refractivity (Wildman–Crippen MR) is 67.9 cm³/mol. The Hall–Kier alpha value is -0.810. The van der Waals surface area contributed by atoms with Crippen LogP contribution >= 0.6 is 0 Å². The molecule has 0 spiro atoms. The minimum Gasteiger partial charge on any atom is -0.369 e. The molecular weight excluding hydrogens is 202 g/mol. The number of aliphatic imine (C=N–C) groups is 1. The molecule has 0 aromatic heterocycles. The summed E-state index contributed by atoms with van der Waals surface area (Å²) in [6.45, 7) is 3.31. The van der Waals surface area contributed by atoms with Crippen molar-refractivity contribution in [3.05, 3.63) is 0 Å². The van der Waals surface area contributed by atoms with Gasteiger partial charge in [0.25, 0.3) is 0 Å². The molecule has 5 heteroatoms. The SMILES string of the molecule is CCCNC1CCC(N=C(N)N(C)N)CC1. The van der Waals surface area contributed by atoms with E-state index in [1.807, 2.05) is 0 Å². The summed E-state index contributed by atoms with van der Waals surface area (Å²) in [5.74, 6) is 5.95. The molecule has 94 valence electrons. The summed E-state index contributed by atoms with van der Waals surface area (Å²) < 4.78 is 0. The third kappa shape index (κ3) is 4.37. The summed E-state index contributed by atoms with van der Waals surface area (Å²) >= 11 is 0. The van der Waals surface area contributed by atoms with Crippen LogP contribution < -0.4 is 16.9 Å². The van der Waals surface area contributed by atoms with Crippen LogP contribution in [0.5, 0.6) is 0 Å². The summed E-state index contributed by atoms with van der Waals surface area (Å²) in [7, 11) is 1.72. The van der Waals surface area contributed by atoms with Gasteiger partial charge in [-0.1, -0.05) is 6.92 Å². The molecule has 0 heterocycles. The van der Waals surface area contributed by atoms with Crippen molar-refractivity contribution in [2.45, 2.75) is 51.1 Å². The molecule has 1 rings (SSSR count). The van der Waals surface area contributed by atoms with Crippen molar-refractivity contribution < 1.29 is 0 Å². The van der Waals surface area contributed by atoms with Gasteiger partial charge in [0, 0.05) is 13.1 Å². The highest BCUT2D eigenvalue weighted by atomic mass is 15.4. The lowest BCUT2D eigenvalue weighted by molar-refractivity contribution is 0.342. The maximum Gasteiger partial charge on any atom is 0.205 e. The van der Waals surface area contributed by atoms with Crippen LogP contribution in [-0.2, 0) is 0 Å². The molecule has 1 aliphatic rings. The van der Waals surface area contributed by atoms with E-state index >= 15 is 0 Å². The Balaban J connectivity index is 2.29. The summed E-state index contributed by atoms with van der Waals surface area (Å²) in [5, 5.41) is 4.93. The Morgan fingerprint density at radius 3 is 2.50 bits per heavy atom. The van der Waals surface area contributed by atoms with Crippen LogP contribution in [0, 0.1) is 0 Å². The minimum absolute atomic E-state index is 0.352. The minimum atomic E-state index is 0.352. The van der Waals surface area contributed by atoms with Gasteiger partial charge >= 0.3 is 0 Å². The molecular formula is C11H25N5. The van der Waals surface area contributed by atoms with Gasteiger partial charge in [0.05, 0.1) is 6.04 Å². The summed E-state index contributed by atoms with van der Waals surface area (Å²) in [4.78, 5) is 4.42. The molecule has 0 amide bonds. The second-order valence-corrected chi connectivity index (χ2v) is 4.56. The van der Waals surface area contributed by atoms with Crippen LogP contribution in [0.2, 0.25) is 0 Å². The fourth-order valence-corrected chi connectivity index (χ4v) is 2.04. The van der Waals surface area contributed by atoms with Crippen LogP contribution in [0.25, 0.3) is 0 Å². The van der Waals surface area contributed by atoms with E-state index < -0.39 is 0 Å². The number of hydrogen-bond acceptors (Lipinski definition) is 3. The Bertz CT molecular complexity index is 218. The van der Waals surface area contributed by atoms with Crippen molar-refractivity contribution in [3.63, 3.8) is 0 Å². The van der Waals surface area contributed by atoms with Gasteiger partial charge in [-0.15, -0.1) is 0 Å². The van der Waals surface area contributed by atoms with Crippen LogP contribution in [0.1, 0.15) is 39.0 Å². The number of nitrogens with two attached hydrogens (primary N) is 2. The summed E-state index contributed by atoms with van der Waals surface area (Å²) in [5.41, 5.74) is 5.70. The van der Waals surface area contributed by atoms with Gasteiger partial charge in [0.15, 0.2) is 0 Å². The average molecular weight is 227 g/mol. The number of guanidine groups is 1. The molecule has 0 unspecified atom stereocenters. The Morgan fingerprint density at radius 1 is 1.38 bits per heavy atom. The first-order valence-electron chi connectivity index (χ1n) is 6.18. The number of hydrazine groups is 1. The van der Waals surface area contributed by atoms with E-state index in [4.69, 9.17) is 11.6 Å². The number of nitrogens with one attached hydrogen (secondary N) is 1. The van der Waals surface area contributed by atoms with Crippen molar-refractivity contribution in [2.24, 2.45) is 16.6 Å². The van der Waals surface area contributed by atoms with E-state index in [-0.39, 0.29) is 0 Å². The second-order valence-electron chi connectivity index (χ2n) is 4.56. The lowest BCUT2D eigenvalue weighted by atomic mass is 9.91.